The van der Waals surface area contributed by atoms with Crippen LogP contribution in [0.15, 0.2) is 42.5 Å². The van der Waals surface area contributed by atoms with Crippen molar-refractivity contribution in [2.45, 2.75) is 37.6 Å². The molecule has 0 aliphatic heterocycles. The maximum absolute atomic E-state index is 12.7. The Balaban J connectivity index is 1.86. The summed E-state index contributed by atoms with van der Waals surface area (Å²) in [6.45, 7) is 0. The molecule has 4 nitrogen and oxygen atoms in total. The van der Waals surface area contributed by atoms with Crippen molar-refractivity contribution < 1.29 is 14.3 Å². The Morgan fingerprint density at radius 2 is 1.70 bits per heavy atom. The number of amides is 1. The molecule has 0 aromatic heterocycles. The molecule has 1 aliphatic rings. The van der Waals surface area contributed by atoms with Crippen molar-refractivity contribution >= 4 is 22.6 Å². The fourth-order valence-electron chi connectivity index (χ4n) is 3.35. The first-order valence-electron chi connectivity index (χ1n) is 8.04. The number of carbonyl (C=O) groups is 2. The lowest BCUT2D eigenvalue weighted by Crippen LogP contribution is -2.56. The van der Waals surface area contributed by atoms with Crippen LogP contribution in [0.2, 0.25) is 0 Å². The minimum absolute atomic E-state index is 0.219. The molecule has 0 saturated heterocycles. The van der Waals surface area contributed by atoms with E-state index in [2.05, 4.69) is 5.32 Å². The van der Waals surface area contributed by atoms with E-state index in [0.717, 1.165) is 30.0 Å². The van der Waals surface area contributed by atoms with Gasteiger partial charge in [0.05, 0.1) is 7.11 Å². The van der Waals surface area contributed by atoms with Crippen LogP contribution >= 0.6 is 0 Å². The molecule has 0 spiro atoms. The number of fused-ring (bicyclic) bond motifs is 1. The number of rotatable bonds is 3. The third kappa shape index (κ3) is 3.07. The predicted octanol–water partition coefficient (Wildman–Crippen LogP) is 3.45. The molecule has 1 saturated carbocycles. The fraction of sp³-hybridized carbons (Fsp3) is 0.368. The second kappa shape index (κ2) is 6.41. The third-order valence-electron chi connectivity index (χ3n) is 4.65. The Kier molecular flexibility index (Phi) is 4.33. The number of esters is 1. The Morgan fingerprint density at radius 3 is 2.39 bits per heavy atom. The molecule has 1 fully saturated rings. The van der Waals surface area contributed by atoms with Gasteiger partial charge in [0.25, 0.3) is 5.91 Å². The molecule has 2 aromatic rings. The van der Waals surface area contributed by atoms with Crippen molar-refractivity contribution in [2.75, 3.05) is 7.11 Å². The van der Waals surface area contributed by atoms with E-state index in [1.165, 1.54) is 7.11 Å². The number of hydrogen-bond acceptors (Lipinski definition) is 3. The largest absolute Gasteiger partial charge is 0.467 e. The summed E-state index contributed by atoms with van der Waals surface area (Å²) in [5, 5.41) is 5.05. The Bertz CT molecular complexity index is 732. The van der Waals surface area contributed by atoms with Gasteiger partial charge in [0.1, 0.15) is 5.54 Å². The first-order valence-corrected chi connectivity index (χ1v) is 8.04. The van der Waals surface area contributed by atoms with Gasteiger partial charge in [-0.2, -0.15) is 0 Å². The van der Waals surface area contributed by atoms with Crippen LogP contribution in [-0.2, 0) is 9.53 Å². The third-order valence-corrected chi connectivity index (χ3v) is 4.65. The molecule has 0 heterocycles. The second-order valence-electron chi connectivity index (χ2n) is 6.15. The number of carbonyl (C=O) groups excluding carboxylic acids is 2. The summed E-state index contributed by atoms with van der Waals surface area (Å²) in [5.74, 6) is -0.561. The minimum atomic E-state index is -0.879. The Labute approximate surface area is 135 Å². The molecular formula is C19H21NO3. The molecule has 0 unspecified atom stereocenters. The molecule has 2 aromatic carbocycles. The zero-order valence-electron chi connectivity index (χ0n) is 13.3. The highest BCUT2D eigenvalue weighted by molar-refractivity contribution is 6.01. The quantitative estimate of drug-likeness (QED) is 0.883. The van der Waals surface area contributed by atoms with Crippen molar-refractivity contribution in [2.24, 2.45) is 0 Å². The second-order valence-corrected chi connectivity index (χ2v) is 6.15. The van der Waals surface area contributed by atoms with Crippen LogP contribution in [0.4, 0.5) is 0 Å². The van der Waals surface area contributed by atoms with Gasteiger partial charge in [0.15, 0.2) is 0 Å². The fourth-order valence-corrected chi connectivity index (χ4v) is 3.35. The molecule has 1 amide bonds. The molecule has 1 N–H and O–H groups in total. The summed E-state index contributed by atoms with van der Waals surface area (Å²) in [7, 11) is 1.38. The van der Waals surface area contributed by atoms with Gasteiger partial charge in [-0.3, -0.25) is 4.79 Å². The number of methoxy groups -OCH3 is 1. The Morgan fingerprint density at radius 1 is 1.00 bits per heavy atom. The topological polar surface area (TPSA) is 55.4 Å². The summed E-state index contributed by atoms with van der Waals surface area (Å²) in [6.07, 6.45) is 4.21. The van der Waals surface area contributed by atoms with E-state index in [-0.39, 0.29) is 11.9 Å². The average molecular weight is 311 g/mol. The number of benzene rings is 2. The molecule has 23 heavy (non-hydrogen) atoms. The van der Waals surface area contributed by atoms with Gasteiger partial charge in [-0.05, 0) is 35.7 Å². The normalized spacial score (nSPS) is 16.7. The molecule has 1 aliphatic carbocycles. The van der Waals surface area contributed by atoms with E-state index in [1.54, 1.807) is 6.07 Å². The van der Waals surface area contributed by atoms with Gasteiger partial charge < -0.3 is 10.1 Å². The van der Waals surface area contributed by atoms with Gasteiger partial charge in [-0.15, -0.1) is 0 Å². The zero-order chi connectivity index (χ0) is 16.3. The average Bonchev–Trinajstić information content (AvgIpc) is 2.61. The molecule has 0 atom stereocenters. The van der Waals surface area contributed by atoms with Gasteiger partial charge >= 0.3 is 5.97 Å². The summed E-state index contributed by atoms with van der Waals surface area (Å²) < 4.78 is 4.95. The lowest BCUT2D eigenvalue weighted by molar-refractivity contribution is -0.149. The first-order chi connectivity index (χ1) is 11.1. The highest BCUT2D eigenvalue weighted by Gasteiger charge is 2.42. The van der Waals surface area contributed by atoms with Crippen molar-refractivity contribution in [3.05, 3.63) is 48.0 Å². The van der Waals surface area contributed by atoms with Crippen LogP contribution < -0.4 is 5.32 Å². The molecule has 0 radical (unpaired) electrons. The highest BCUT2D eigenvalue weighted by atomic mass is 16.5. The maximum atomic E-state index is 12.7. The molecule has 3 rings (SSSR count). The lowest BCUT2D eigenvalue weighted by Gasteiger charge is -2.35. The summed E-state index contributed by atoms with van der Waals surface area (Å²) in [5.41, 5.74) is -0.312. The van der Waals surface area contributed by atoms with Crippen molar-refractivity contribution in [1.82, 2.24) is 5.32 Å². The van der Waals surface area contributed by atoms with Crippen molar-refractivity contribution in [1.29, 1.82) is 0 Å². The predicted molar refractivity (Wildman–Crippen MR) is 89.2 cm³/mol. The van der Waals surface area contributed by atoms with Gasteiger partial charge in [-0.25, -0.2) is 4.79 Å². The van der Waals surface area contributed by atoms with Gasteiger partial charge in [-0.1, -0.05) is 49.6 Å². The van der Waals surface area contributed by atoms with E-state index in [9.17, 15) is 9.59 Å². The van der Waals surface area contributed by atoms with Crippen LogP contribution in [0.5, 0.6) is 0 Å². The number of nitrogens with one attached hydrogen (secondary N) is 1. The van der Waals surface area contributed by atoms with Crippen LogP contribution in [0.1, 0.15) is 42.5 Å². The standard InChI is InChI=1S/C19H21NO3/c1-23-18(22)19(11-5-2-6-12-19)20-17(21)16-10-9-14-7-3-4-8-15(14)13-16/h3-4,7-10,13H,2,5-6,11-12H2,1H3,(H,20,21). The SMILES string of the molecule is COC(=O)C1(NC(=O)c2ccc3ccccc3c2)CCCCC1. The van der Waals surface area contributed by atoms with Gasteiger partial charge in [0, 0.05) is 5.56 Å². The van der Waals surface area contributed by atoms with Crippen LogP contribution in [0, 0.1) is 0 Å². The van der Waals surface area contributed by atoms with E-state index in [4.69, 9.17) is 4.74 Å². The minimum Gasteiger partial charge on any atom is -0.467 e. The number of ether oxygens (including phenoxy) is 1. The first kappa shape index (κ1) is 15.5. The van der Waals surface area contributed by atoms with E-state index in [1.807, 2.05) is 36.4 Å². The lowest BCUT2D eigenvalue weighted by atomic mass is 9.81. The molecule has 0 bridgehead atoms. The van der Waals surface area contributed by atoms with E-state index in [0.29, 0.717) is 18.4 Å². The van der Waals surface area contributed by atoms with Crippen molar-refractivity contribution in [3.8, 4) is 0 Å². The van der Waals surface area contributed by atoms with Crippen molar-refractivity contribution in [3.63, 3.8) is 0 Å². The highest BCUT2D eigenvalue weighted by Crippen LogP contribution is 2.30. The summed E-state index contributed by atoms with van der Waals surface area (Å²) in [6, 6.07) is 13.5. The zero-order valence-corrected chi connectivity index (χ0v) is 13.3. The maximum Gasteiger partial charge on any atom is 0.331 e. The smallest absolute Gasteiger partial charge is 0.331 e. The molecule has 120 valence electrons. The van der Waals surface area contributed by atoms with E-state index < -0.39 is 5.54 Å². The molecule has 4 heteroatoms. The van der Waals surface area contributed by atoms with Crippen LogP contribution in [-0.4, -0.2) is 24.5 Å². The van der Waals surface area contributed by atoms with Crippen LogP contribution in [0.3, 0.4) is 0 Å². The van der Waals surface area contributed by atoms with Crippen LogP contribution in [0.25, 0.3) is 10.8 Å². The summed E-state index contributed by atoms with van der Waals surface area (Å²) in [4.78, 5) is 24.9. The Hall–Kier alpha value is -2.36. The number of hydrogen-bond donors (Lipinski definition) is 1. The van der Waals surface area contributed by atoms with E-state index >= 15 is 0 Å². The van der Waals surface area contributed by atoms with Gasteiger partial charge in [0.2, 0.25) is 0 Å². The molecular weight excluding hydrogens is 290 g/mol. The monoisotopic (exact) mass is 311 g/mol. The summed E-state index contributed by atoms with van der Waals surface area (Å²) >= 11 is 0.